The lowest BCUT2D eigenvalue weighted by Crippen LogP contribution is -2.39. The van der Waals surface area contributed by atoms with Gasteiger partial charge in [-0.1, -0.05) is 6.92 Å². The molecule has 0 radical (unpaired) electrons. The van der Waals surface area contributed by atoms with Gasteiger partial charge in [0, 0.05) is 19.8 Å². The van der Waals surface area contributed by atoms with E-state index >= 15 is 0 Å². The Hall–Kier alpha value is -1.45. The van der Waals surface area contributed by atoms with Crippen molar-refractivity contribution in [1.29, 1.82) is 0 Å². The number of aromatic carboxylic acids is 1. The molecule has 8 nitrogen and oxygen atoms in total. The molecule has 2 rings (SSSR count). The minimum atomic E-state index is -3.93. The fourth-order valence-corrected chi connectivity index (χ4v) is 3.79. The third-order valence-corrected chi connectivity index (χ3v) is 5.31. The number of carboxylic acid groups (broad SMARTS) is 1. The molecule has 0 aliphatic carbocycles. The van der Waals surface area contributed by atoms with E-state index in [0.29, 0.717) is 13.2 Å². The van der Waals surface area contributed by atoms with Crippen LogP contribution in [0.2, 0.25) is 0 Å². The number of nitrogens with one attached hydrogen (secondary N) is 2. The molecule has 1 aliphatic heterocycles. The number of ether oxygens (including phenoxy) is 1. The van der Waals surface area contributed by atoms with Crippen molar-refractivity contribution in [3.8, 4) is 0 Å². The van der Waals surface area contributed by atoms with Crippen LogP contribution in [0.1, 0.15) is 35.9 Å². The van der Waals surface area contributed by atoms with Crippen LogP contribution in [0.4, 0.5) is 0 Å². The van der Waals surface area contributed by atoms with Gasteiger partial charge in [0.25, 0.3) is 0 Å². The van der Waals surface area contributed by atoms with E-state index in [-0.39, 0.29) is 22.5 Å². The standard InChI is InChI=1S/C12H19N3O5S/c1-8-10(9(11(16)17)15-14-8)21(18,19)13-7-12(2)3-5-20-6-4-12/h13H,3-7H2,1-2H3,(H,14,15)(H,16,17). The highest BCUT2D eigenvalue weighted by Gasteiger charge is 2.32. The second kappa shape index (κ2) is 5.74. The van der Waals surface area contributed by atoms with Crippen LogP contribution in [-0.2, 0) is 14.8 Å². The number of aromatic nitrogens is 2. The van der Waals surface area contributed by atoms with E-state index in [2.05, 4.69) is 14.9 Å². The number of carboxylic acids is 1. The molecule has 0 saturated carbocycles. The summed E-state index contributed by atoms with van der Waals surface area (Å²) in [6.45, 7) is 4.90. The minimum absolute atomic E-state index is 0.188. The van der Waals surface area contributed by atoms with E-state index in [1.165, 1.54) is 6.92 Å². The molecule has 0 aromatic carbocycles. The molecule has 118 valence electrons. The van der Waals surface area contributed by atoms with E-state index in [0.717, 1.165) is 12.8 Å². The van der Waals surface area contributed by atoms with Crippen LogP contribution in [0, 0.1) is 12.3 Å². The highest BCUT2D eigenvalue weighted by Crippen LogP contribution is 2.29. The number of nitrogens with zero attached hydrogens (tertiary/aromatic N) is 1. The van der Waals surface area contributed by atoms with E-state index in [4.69, 9.17) is 9.84 Å². The van der Waals surface area contributed by atoms with Crippen LogP contribution in [0.5, 0.6) is 0 Å². The van der Waals surface area contributed by atoms with Gasteiger partial charge in [0.2, 0.25) is 10.0 Å². The monoisotopic (exact) mass is 317 g/mol. The first-order valence-corrected chi connectivity index (χ1v) is 8.09. The van der Waals surface area contributed by atoms with Gasteiger partial charge in [-0.05, 0) is 25.2 Å². The number of hydrogen-bond donors (Lipinski definition) is 3. The van der Waals surface area contributed by atoms with E-state index in [1.807, 2.05) is 6.92 Å². The molecule has 0 spiro atoms. The molecule has 1 fully saturated rings. The summed E-state index contributed by atoms with van der Waals surface area (Å²) in [7, 11) is -3.93. The summed E-state index contributed by atoms with van der Waals surface area (Å²) in [4.78, 5) is 10.8. The lowest BCUT2D eigenvalue weighted by Gasteiger charge is -2.33. The maximum absolute atomic E-state index is 12.4. The van der Waals surface area contributed by atoms with Crippen LogP contribution >= 0.6 is 0 Å². The fraction of sp³-hybridized carbons (Fsp3) is 0.667. The zero-order valence-electron chi connectivity index (χ0n) is 12.0. The van der Waals surface area contributed by atoms with Gasteiger partial charge in [-0.3, -0.25) is 5.10 Å². The predicted molar refractivity (Wildman–Crippen MR) is 73.6 cm³/mol. The second-order valence-corrected chi connectivity index (χ2v) is 7.28. The Bertz CT molecular complexity index is 631. The van der Waals surface area contributed by atoms with E-state index in [1.54, 1.807) is 0 Å². The van der Waals surface area contributed by atoms with Gasteiger partial charge in [-0.15, -0.1) is 0 Å². The first-order valence-electron chi connectivity index (χ1n) is 6.61. The third kappa shape index (κ3) is 3.42. The quantitative estimate of drug-likeness (QED) is 0.727. The van der Waals surface area contributed by atoms with Crippen molar-refractivity contribution in [3.63, 3.8) is 0 Å². The summed E-state index contributed by atoms with van der Waals surface area (Å²) in [5.74, 6) is -1.38. The SMILES string of the molecule is Cc1[nH]nc(C(=O)O)c1S(=O)(=O)NCC1(C)CCOCC1. The van der Waals surface area contributed by atoms with Crippen molar-refractivity contribution in [2.24, 2.45) is 5.41 Å². The number of aromatic amines is 1. The second-order valence-electron chi connectivity index (χ2n) is 5.58. The van der Waals surface area contributed by atoms with Gasteiger partial charge in [-0.25, -0.2) is 17.9 Å². The smallest absolute Gasteiger partial charge is 0.357 e. The third-order valence-electron chi connectivity index (χ3n) is 3.75. The van der Waals surface area contributed by atoms with Crippen LogP contribution in [0.25, 0.3) is 0 Å². The number of sulfonamides is 1. The van der Waals surface area contributed by atoms with Crippen molar-refractivity contribution in [2.45, 2.75) is 31.6 Å². The minimum Gasteiger partial charge on any atom is -0.476 e. The van der Waals surface area contributed by atoms with Crippen LogP contribution in [0.15, 0.2) is 4.90 Å². The molecule has 1 aromatic rings. The highest BCUT2D eigenvalue weighted by molar-refractivity contribution is 7.89. The first-order chi connectivity index (χ1) is 9.75. The zero-order valence-corrected chi connectivity index (χ0v) is 12.8. The summed E-state index contributed by atoms with van der Waals surface area (Å²) in [6.07, 6.45) is 1.51. The lowest BCUT2D eigenvalue weighted by molar-refractivity contribution is 0.0264. The highest BCUT2D eigenvalue weighted by atomic mass is 32.2. The molecule has 0 atom stereocenters. The maximum Gasteiger partial charge on any atom is 0.357 e. The molecule has 1 aliphatic rings. The molecule has 3 N–H and O–H groups in total. The Morgan fingerprint density at radius 1 is 1.48 bits per heavy atom. The van der Waals surface area contributed by atoms with Crippen LogP contribution in [-0.4, -0.2) is 49.4 Å². The number of H-pyrrole nitrogens is 1. The van der Waals surface area contributed by atoms with Crippen molar-refractivity contribution in [1.82, 2.24) is 14.9 Å². The van der Waals surface area contributed by atoms with Crippen LogP contribution < -0.4 is 4.72 Å². The first kappa shape index (κ1) is 15.9. The molecule has 9 heteroatoms. The van der Waals surface area contributed by atoms with Crippen molar-refractivity contribution in [2.75, 3.05) is 19.8 Å². The Balaban J connectivity index is 2.19. The largest absolute Gasteiger partial charge is 0.476 e. The summed E-state index contributed by atoms with van der Waals surface area (Å²) in [6, 6.07) is 0. The Morgan fingerprint density at radius 3 is 2.67 bits per heavy atom. The molecular formula is C12H19N3O5S. The van der Waals surface area contributed by atoms with Crippen molar-refractivity contribution < 1.29 is 23.1 Å². The number of hydrogen-bond acceptors (Lipinski definition) is 5. The van der Waals surface area contributed by atoms with Gasteiger partial charge in [0.15, 0.2) is 5.69 Å². The Labute approximate surface area is 122 Å². The maximum atomic E-state index is 12.4. The summed E-state index contributed by atoms with van der Waals surface area (Å²) in [5, 5.41) is 15.0. The van der Waals surface area contributed by atoms with Crippen LogP contribution in [0.3, 0.4) is 0 Å². The van der Waals surface area contributed by atoms with Crippen molar-refractivity contribution in [3.05, 3.63) is 11.4 Å². The number of rotatable bonds is 5. The molecule has 2 heterocycles. The zero-order chi connectivity index (χ0) is 15.7. The molecule has 1 saturated heterocycles. The average Bonchev–Trinajstić information content (AvgIpc) is 2.81. The lowest BCUT2D eigenvalue weighted by atomic mass is 9.83. The normalized spacial score (nSPS) is 18.6. The average molecular weight is 317 g/mol. The topological polar surface area (TPSA) is 121 Å². The van der Waals surface area contributed by atoms with Gasteiger partial charge in [0.1, 0.15) is 4.90 Å². The van der Waals surface area contributed by atoms with E-state index in [9.17, 15) is 13.2 Å². The molecule has 21 heavy (non-hydrogen) atoms. The van der Waals surface area contributed by atoms with Gasteiger partial charge < -0.3 is 9.84 Å². The van der Waals surface area contributed by atoms with E-state index < -0.39 is 21.7 Å². The van der Waals surface area contributed by atoms with Crippen molar-refractivity contribution >= 4 is 16.0 Å². The molecule has 0 amide bonds. The summed E-state index contributed by atoms with van der Waals surface area (Å²) < 4.78 is 32.5. The van der Waals surface area contributed by atoms with Gasteiger partial charge >= 0.3 is 5.97 Å². The molecular weight excluding hydrogens is 298 g/mol. The molecule has 1 aromatic heterocycles. The Morgan fingerprint density at radius 2 is 2.10 bits per heavy atom. The van der Waals surface area contributed by atoms with Gasteiger partial charge in [-0.2, -0.15) is 5.10 Å². The fourth-order valence-electron chi connectivity index (χ4n) is 2.28. The summed E-state index contributed by atoms with van der Waals surface area (Å²) >= 11 is 0. The van der Waals surface area contributed by atoms with Gasteiger partial charge in [0.05, 0.1) is 5.69 Å². The molecule has 0 bridgehead atoms. The number of carbonyl (C=O) groups is 1. The predicted octanol–water partition coefficient (Wildman–Crippen LogP) is 0.511. The Kier molecular flexibility index (Phi) is 4.35. The number of aryl methyl sites for hydroxylation is 1. The summed E-state index contributed by atoms with van der Waals surface area (Å²) in [5.41, 5.74) is -0.471. The molecule has 0 unspecified atom stereocenters.